The van der Waals surface area contributed by atoms with Crippen LogP contribution >= 0.6 is 11.3 Å². The number of anilines is 1. The standard InChI is InChI=1S/C17H20N6OS/c1-2-5-15-21-22-17(25-15)20-16(24)18-11-13-6-3-7-14(10-13)12-23-9-4-8-19-23/h3-4,6-10H,2,5,11-12H2,1H3,(H2,18,20,22,24). The Labute approximate surface area is 150 Å². The number of carbonyl (C=O) groups excluding carboxylic acids is 1. The Kier molecular flexibility index (Phi) is 5.73. The summed E-state index contributed by atoms with van der Waals surface area (Å²) in [5, 5.41) is 19.2. The van der Waals surface area contributed by atoms with Gasteiger partial charge in [0.1, 0.15) is 5.01 Å². The Morgan fingerprint density at radius 2 is 2.12 bits per heavy atom. The topological polar surface area (TPSA) is 84.7 Å². The zero-order valence-electron chi connectivity index (χ0n) is 14.0. The summed E-state index contributed by atoms with van der Waals surface area (Å²) in [6, 6.07) is 9.69. The van der Waals surface area contributed by atoms with Gasteiger partial charge in [-0.1, -0.05) is 42.5 Å². The minimum absolute atomic E-state index is 0.281. The first-order valence-corrected chi connectivity index (χ1v) is 8.97. The number of benzene rings is 1. The average molecular weight is 356 g/mol. The van der Waals surface area contributed by atoms with Gasteiger partial charge in [-0.25, -0.2) is 4.79 Å². The van der Waals surface area contributed by atoms with E-state index in [1.165, 1.54) is 11.3 Å². The third-order valence-electron chi connectivity index (χ3n) is 3.50. The number of rotatable bonds is 7. The molecule has 0 aliphatic heterocycles. The highest BCUT2D eigenvalue weighted by Crippen LogP contribution is 2.16. The van der Waals surface area contributed by atoms with E-state index in [2.05, 4.69) is 38.9 Å². The molecule has 0 aliphatic carbocycles. The van der Waals surface area contributed by atoms with E-state index in [1.807, 2.05) is 35.1 Å². The third kappa shape index (κ3) is 5.12. The molecule has 0 unspecified atom stereocenters. The maximum Gasteiger partial charge on any atom is 0.321 e. The lowest BCUT2D eigenvalue weighted by Gasteiger charge is -2.08. The van der Waals surface area contributed by atoms with Gasteiger partial charge in [-0.05, 0) is 23.6 Å². The highest BCUT2D eigenvalue weighted by Gasteiger charge is 2.07. The molecule has 2 heterocycles. The van der Waals surface area contributed by atoms with Crippen molar-refractivity contribution in [3.05, 3.63) is 58.9 Å². The Morgan fingerprint density at radius 3 is 2.92 bits per heavy atom. The first-order chi connectivity index (χ1) is 12.2. The van der Waals surface area contributed by atoms with E-state index in [1.54, 1.807) is 6.20 Å². The zero-order chi connectivity index (χ0) is 17.5. The third-order valence-corrected chi connectivity index (χ3v) is 4.40. The van der Waals surface area contributed by atoms with Crippen LogP contribution in [0.25, 0.3) is 0 Å². The van der Waals surface area contributed by atoms with Crippen LogP contribution in [-0.2, 0) is 19.5 Å². The van der Waals surface area contributed by atoms with Crippen molar-refractivity contribution in [1.29, 1.82) is 0 Å². The summed E-state index contributed by atoms with van der Waals surface area (Å²) in [5.74, 6) is 0. The van der Waals surface area contributed by atoms with Gasteiger partial charge in [0.05, 0.1) is 6.54 Å². The van der Waals surface area contributed by atoms with Crippen molar-refractivity contribution in [3.8, 4) is 0 Å². The van der Waals surface area contributed by atoms with Crippen molar-refractivity contribution in [3.63, 3.8) is 0 Å². The van der Waals surface area contributed by atoms with E-state index in [9.17, 15) is 4.79 Å². The second kappa shape index (κ2) is 8.39. The summed E-state index contributed by atoms with van der Waals surface area (Å²) in [7, 11) is 0. The monoisotopic (exact) mass is 356 g/mol. The van der Waals surface area contributed by atoms with Crippen molar-refractivity contribution in [2.75, 3.05) is 5.32 Å². The van der Waals surface area contributed by atoms with Crippen molar-refractivity contribution in [2.24, 2.45) is 0 Å². The van der Waals surface area contributed by atoms with Gasteiger partial charge in [0.25, 0.3) is 0 Å². The van der Waals surface area contributed by atoms with Gasteiger partial charge in [-0.3, -0.25) is 10.00 Å². The number of urea groups is 1. The van der Waals surface area contributed by atoms with E-state index in [4.69, 9.17) is 0 Å². The number of aromatic nitrogens is 4. The smallest absolute Gasteiger partial charge is 0.321 e. The lowest BCUT2D eigenvalue weighted by Crippen LogP contribution is -2.28. The number of hydrogen-bond donors (Lipinski definition) is 2. The number of carbonyl (C=O) groups is 1. The molecule has 3 aromatic rings. The molecule has 1 aromatic carbocycles. The summed E-state index contributed by atoms with van der Waals surface area (Å²) >= 11 is 1.41. The van der Waals surface area contributed by atoms with E-state index in [-0.39, 0.29) is 6.03 Å². The lowest BCUT2D eigenvalue weighted by molar-refractivity contribution is 0.251. The number of hydrogen-bond acceptors (Lipinski definition) is 5. The first kappa shape index (κ1) is 17.1. The summed E-state index contributed by atoms with van der Waals surface area (Å²) in [6.07, 6.45) is 5.57. The van der Waals surface area contributed by atoms with Crippen molar-refractivity contribution in [2.45, 2.75) is 32.9 Å². The molecule has 0 bridgehead atoms. The van der Waals surface area contributed by atoms with Crippen LogP contribution in [0, 0.1) is 0 Å². The molecule has 8 heteroatoms. The molecular weight excluding hydrogens is 336 g/mol. The molecule has 3 rings (SSSR count). The highest BCUT2D eigenvalue weighted by molar-refractivity contribution is 7.15. The molecular formula is C17H20N6OS. The fourth-order valence-electron chi connectivity index (χ4n) is 2.36. The molecule has 2 N–H and O–H groups in total. The number of aryl methyl sites for hydroxylation is 1. The van der Waals surface area contributed by atoms with E-state index in [0.29, 0.717) is 18.2 Å². The number of nitrogens with zero attached hydrogens (tertiary/aromatic N) is 4. The molecule has 2 amide bonds. The largest absolute Gasteiger partial charge is 0.334 e. The normalized spacial score (nSPS) is 10.6. The highest BCUT2D eigenvalue weighted by atomic mass is 32.1. The van der Waals surface area contributed by atoms with Crippen LogP contribution in [0.1, 0.15) is 29.5 Å². The van der Waals surface area contributed by atoms with Crippen molar-refractivity contribution < 1.29 is 4.79 Å². The summed E-state index contributed by atoms with van der Waals surface area (Å²) in [4.78, 5) is 12.0. The summed E-state index contributed by atoms with van der Waals surface area (Å²) in [5.41, 5.74) is 2.17. The van der Waals surface area contributed by atoms with Gasteiger partial charge in [0.2, 0.25) is 5.13 Å². The average Bonchev–Trinajstić information content (AvgIpc) is 3.26. The fourth-order valence-corrected chi connectivity index (χ4v) is 3.20. The van der Waals surface area contributed by atoms with Crippen LogP contribution in [0.3, 0.4) is 0 Å². The van der Waals surface area contributed by atoms with Gasteiger partial charge in [0, 0.05) is 25.4 Å². The first-order valence-electron chi connectivity index (χ1n) is 8.15. The van der Waals surface area contributed by atoms with Gasteiger partial charge in [0.15, 0.2) is 0 Å². The molecule has 0 atom stereocenters. The quantitative estimate of drug-likeness (QED) is 0.681. The van der Waals surface area contributed by atoms with Gasteiger partial charge in [-0.2, -0.15) is 5.10 Å². The molecule has 2 aromatic heterocycles. The predicted octanol–water partition coefficient (Wildman–Crippen LogP) is 3.06. The maximum atomic E-state index is 12.0. The van der Waals surface area contributed by atoms with Crippen LogP contribution in [0.2, 0.25) is 0 Å². The minimum Gasteiger partial charge on any atom is -0.334 e. The Hall–Kier alpha value is -2.74. The SMILES string of the molecule is CCCc1nnc(NC(=O)NCc2cccc(Cn3cccn3)c2)s1. The van der Waals surface area contributed by atoms with Crippen LogP contribution in [0.4, 0.5) is 9.93 Å². The maximum absolute atomic E-state index is 12.0. The second-order valence-corrected chi connectivity index (χ2v) is 6.64. The molecule has 25 heavy (non-hydrogen) atoms. The molecule has 0 saturated heterocycles. The predicted molar refractivity (Wildman–Crippen MR) is 97.5 cm³/mol. The van der Waals surface area contributed by atoms with E-state index in [0.717, 1.165) is 29.0 Å². The Bertz CT molecular complexity index is 814. The molecule has 0 aliphatic rings. The molecule has 130 valence electrons. The number of amides is 2. The molecule has 0 saturated carbocycles. The van der Waals surface area contributed by atoms with Crippen LogP contribution in [0.5, 0.6) is 0 Å². The fraction of sp³-hybridized carbons (Fsp3) is 0.294. The molecule has 0 spiro atoms. The summed E-state index contributed by atoms with van der Waals surface area (Å²) in [6.45, 7) is 3.24. The van der Waals surface area contributed by atoms with E-state index < -0.39 is 0 Å². The van der Waals surface area contributed by atoms with Crippen molar-refractivity contribution >= 4 is 22.5 Å². The summed E-state index contributed by atoms with van der Waals surface area (Å²) < 4.78 is 1.86. The Morgan fingerprint density at radius 1 is 1.24 bits per heavy atom. The van der Waals surface area contributed by atoms with Gasteiger partial charge < -0.3 is 5.32 Å². The van der Waals surface area contributed by atoms with Gasteiger partial charge in [-0.15, -0.1) is 10.2 Å². The second-order valence-electron chi connectivity index (χ2n) is 5.58. The van der Waals surface area contributed by atoms with Crippen molar-refractivity contribution in [1.82, 2.24) is 25.3 Å². The van der Waals surface area contributed by atoms with Gasteiger partial charge >= 0.3 is 6.03 Å². The van der Waals surface area contributed by atoms with Crippen LogP contribution in [0.15, 0.2) is 42.7 Å². The molecule has 0 radical (unpaired) electrons. The molecule has 0 fully saturated rings. The van der Waals surface area contributed by atoms with Crippen LogP contribution < -0.4 is 10.6 Å². The molecule has 7 nitrogen and oxygen atoms in total. The number of nitrogens with one attached hydrogen (secondary N) is 2. The van der Waals surface area contributed by atoms with E-state index >= 15 is 0 Å². The zero-order valence-corrected chi connectivity index (χ0v) is 14.8. The minimum atomic E-state index is -0.281. The lowest BCUT2D eigenvalue weighted by atomic mass is 10.1. The van der Waals surface area contributed by atoms with Crippen LogP contribution in [-0.4, -0.2) is 26.0 Å². The Balaban J connectivity index is 1.51.